The first-order chi connectivity index (χ1) is 15.5. The number of hydrogen-bond acceptors (Lipinski definition) is 7. The average Bonchev–Trinajstić information content (AvgIpc) is 2.84. The number of anilines is 1. The van der Waals surface area contributed by atoms with Gasteiger partial charge in [0.05, 0.1) is 40.6 Å². The zero-order chi connectivity index (χ0) is 22.9. The lowest BCUT2D eigenvalue weighted by Gasteiger charge is -2.35. The standard InChI is InChI=1S/C23H29N3O6/c1-29-20-9-6-17(14-21(20)30-2)19(26-10-12-32-13-11-26)15-24-22(27)16-4-7-18(8-5-16)25-23(28)31-3/h4-9,14,19H,10-13,15H2,1-3H3,(H,24,27)(H,25,28)/t19-/m1/s1. The summed E-state index contributed by atoms with van der Waals surface area (Å²) in [4.78, 5) is 26.4. The lowest BCUT2D eigenvalue weighted by atomic mass is 10.0. The van der Waals surface area contributed by atoms with Gasteiger partial charge < -0.3 is 24.3 Å². The summed E-state index contributed by atoms with van der Waals surface area (Å²) < 4.78 is 20.9. The fraction of sp³-hybridized carbons (Fsp3) is 0.391. The molecule has 3 rings (SSSR count). The molecular formula is C23H29N3O6. The van der Waals surface area contributed by atoms with E-state index in [-0.39, 0.29) is 11.9 Å². The number of hydrogen-bond donors (Lipinski definition) is 2. The van der Waals surface area contributed by atoms with E-state index in [1.165, 1.54) is 7.11 Å². The Bertz CT molecular complexity index is 912. The van der Waals surface area contributed by atoms with Gasteiger partial charge in [-0.15, -0.1) is 0 Å². The number of ether oxygens (including phenoxy) is 4. The van der Waals surface area contributed by atoms with Crippen molar-refractivity contribution in [2.45, 2.75) is 6.04 Å². The fourth-order valence-corrected chi connectivity index (χ4v) is 3.57. The van der Waals surface area contributed by atoms with Crippen molar-refractivity contribution in [3.63, 3.8) is 0 Å². The van der Waals surface area contributed by atoms with E-state index < -0.39 is 6.09 Å². The van der Waals surface area contributed by atoms with Crippen molar-refractivity contribution in [1.82, 2.24) is 10.2 Å². The van der Waals surface area contributed by atoms with Crippen LogP contribution in [0, 0.1) is 0 Å². The highest BCUT2D eigenvalue weighted by Gasteiger charge is 2.24. The third-order valence-corrected chi connectivity index (χ3v) is 5.31. The molecule has 9 nitrogen and oxygen atoms in total. The van der Waals surface area contributed by atoms with Crippen LogP contribution in [0.5, 0.6) is 11.5 Å². The van der Waals surface area contributed by atoms with Crippen molar-refractivity contribution >= 4 is 17.7 Å². The number of carbonyl (C=O) groups excluding carboxylic acids is 2. The van der Waals surface area contributed by atoms with Crippen LogP contribution in [-0.4, -0.2) is 71.1 Å². The van der Waals surface area contributed by atoms with E-state index in [4.69, 9.17) is 14.2 Å². The van der Waals surface area contributed by atoms with Crippen LogP contribution >= 0.6 is 0 Å². The molecule has 1 heterocycles. The molecule has 0 unspecified atom stereocenters. The summed E-state index contributed by atoms with van der Waals surface area (Å²) in [6.07, 6.45) is -0.564. The van der Waals surface area contributed by atoms with Crippen molar-refractivity contribution in [2.75, 3.05) is 59.5 Å². The quantitative estimate of drug-likeness (QED) is 0.647. The average molecular weight is 444 g/mol. The van der Waals surface area contributed by atoms with E-state index >= 15 is 0 Å². The summed E-state index contributed by atoms with van der Waals surface area (Å²) in [5.74, 6) is 1.10. The second kappa shape index (κ2) is 11.4. The summed E-state index contributed by atoms with van der Waals surface area (Å²) >= 11 is 0. The van der Waals surface area contributed by atoms with Crippen molar-refractivity contribution in [3.8, 4) is 11.5 Å². The number of morpholine rings is 1. The molecule has 32 heavy (non-hydrogen) atoms. The minimum Gasteiger partial charge on any atom is -0.493 e. The third kappa shape index (κ3) is 5.89. The highest BCUT2D eigenvalue weighted by molar-refractivity contribution is 5.95. The van der Waals surface area contributed by atoms with Gasteiger partial charge in [-0.25, -0.2) is 4.79 Å². The molecule has 0 saturated carbocycles. The molecule has 2 aromatic carbocycles. The van der Waals surface area contributed by atoms with E-state index in [9.17, 15) is 9.59 Å². The molecule has 0 aromatic heterocycles. The number of nitrogens with zero attached hydrogens (tertiary/aromatic N) is 1. The monoisotopic (exact) mass is 443 g/mol. The summed E-state index contributed by atoms with van der Waals surface area (Å²) in [5.41, 5.74) is 2.06. The summed E-state index contributed by atoms with van der Waals surface area (Å²) in [6, 6.07) is 12.4. The second-order valence-corrected chi connectivity index (χ2v) is 7.18. The zero-order valence-corrected chi connectivity index (χ0v) is 18.6. The molecule has 1 saturated heterocycles. The zero-order valence-electron chi connectivity index (χ0n) is 18.6. The Kier molecular flexibility index (Phi) is 8.29. The van der Waals surface area contributed by atoms with Crippen molar-refractivity contribution in [1.29, 1.82) is 0 Å². The van der Waals surface area contributed by atoms with Crippen LogP contribution in [-0.2, 0) is 9.47 Å². The van der Waals surface area contributed by atoms with E-state index in [0.717, 1.165) is 18.7 Å². The van der Waals surface area contributed by atoms with Gasteiger partial charge in [0.15, 0.2) is 11.5 Å². The van der Waals surface area contributed by atoms with Crippen LogP contribution in [0.1, 0.15) is 22.0 Å². The third-order valence-electron chi connectivity index (χ3n) is 5.31. The maximum atomic E-state index is 12.8. The number of carbonyl (C=O) groups is 2. The summed E-state index contributed by atoms with van der Waals surface area (Å²) in [6.45, 7) is 3.24. The number of rotatable bonds is 8. The van der Waals surface area contributed by atoms with Gasteiger partial charge in [0.25, 0.3) is 5.91 Å². The first-order valence-corrected chi connectivity index (χ1v) is 10.3. The molecule has 2 N–H and O–H groups in total. The fourth-order valence-electron chi connectivity index (χ4n) is 3.57. The number of amides is 2. The molecule has 1 aliphatic rings. The Morgan fingerprint density at radius 1 is 1.00 bits per heavy atom. The lowest BCUT2D eigenvalue weighted by molar-refractivity contribution is 0.0162. The minimum atomic E-state index is -0.564. The molecule has 2 amide bonds. The van der Waals surface area contributed by atoms with Gasteiger partial charge >= 0.3 is 6.09 Å². The van der Waals surface area contributed by atoms with Crippen LogP contribution in [0.3, 0.4) is 0 Å². The van der Waals surface area contributed by atoms with Gasteiger partial charge in [0, 0.05) is 30.9 Å². The molecule has 0 spiro atoms. The van der Waals surface area contributed by atoms with Gasteiger partial charge in [0.1, 0.15) is 0 Å². The Morgan fingerprint density at radius 3 is 2.31 bits per heavy atom. The van der Waals surface area contributed by atoms with Crippen molar-refractivity contribution < 1.29 is 28.5 Å². The molecule has 172 valence electrons. The molecule has 9 heteroatoms. The normalized spacial score (nSPS) is 14.8. The first-order valence-electron chi connectivity index (χ1n) is 10.3. The Morgan fingerprint density at radius 2 is 1.69 bits per heavy atom. The minimum absolute atomic E-state index is 0.0529. The molecule has 0 bridgehead atoms. The van der Waals surface area contributed by atoms with Gasteiger partial charge in [-0.1, -0.05) is 6.07 Å². The summed E-state index contributed by atoms with van der Waals surface area (Å²) in [5, 5.41) is 5.59. The van der Waals surface area contributed by atoms with Crippen molar-refractivity contribution in [3.05, 3.63) is 53.6 Å². The first kappa shape index (κ1) is 23.4. The van der Waals surface area contributed by atoms with Gasteiger partial charge in [-0.3, -0.25) is 15.0 Å². The maximum absolute atomic E-state index is 12.8. The van der Waals surface area contributed by atoms with E-state index in [1.54, 1.807) is 38.5 Å². The molecule has 1 aliphatic heterocycles. The topological polar surface area (TPSA) is 98.4 Å². The smallest absolute Gasteiger partial charge is 0.411 e. The molecule has 0 aliphatic carbocycles. The largest absolute Gasteiger partial charge is 0.493 e. The Balaban J connectivity index is 1.72. The van der Waals surface area contributed by atoms with Crippen LogP contribution in [0.25, 0.3) is 0 Å². The number of benzene rings is 2. The Hall–Kier alpha value is -3.30. The van der Waals surface area contributed by atoms with Gasteiger partial charge in [-0.05, 0) is 42.0 Å². The SMILES string of the molecule is COC(=O)Nc1ccc(C(=O)NC[C@H](c2ccc(OC)c(OC)c2)N2CCOCC2)cc1. The van der Waals surface area contributed by atoms with Crippen LogP contribution in [0.15, 0.2) is 42.5 Å². The van der Waals surface area contributed by atoms with Crippen LogP contribution < -0.4 is 20.1 Å². The van der Waals surface area contributed by atoms with Crippen molar-refractivity contribution in [2.24, 2.45) is 0 Å². The van der Waals surface area contributed by atoms with Gasteiger partial charge in [0.2, 0.25) is 0 Å². The Labute approximate surface area is 187 Å². The molecule has 0 radical (unpaired) electrons. The van der Waals surface area contributed by atoms with Crippen LogP contribution in [0.4, 0.5) is 10.5 Å². The van der Waals surface area contributed by atoms with E-state index in [1.807, 2.05) is 18.2 Å². The van der Waals surface area contributed by atoms with Gasteiger partial charge in [-0.2, -0.15) is 0 Å². The number of methoxy groups -OCH3 is 3. The lowest BCUT2D eigenvalue weighted by Crippen LogP contribution is -2.43. The summed E-state index contributed by atoms with van der Waals surface area (Å²) in [7, 11) is 4.50. The number of nitrogens with one attached hydrogen (secondary N) is 2. The van der Waals surface area contributed by atoms with E-state index in [0.29, 0.717) is 42.5 Å². The molecular weight excluding hydrogens is 414 g/mol. The van der Waals surface area contributed by atoms with E-state index in [2.05, 4.69) is 20.3 Å². The highest BCUT2D eigenvalue weighted by atomic mass is 16.5. The molecule has 1 atom stereocenters. The second-order valence-electron chi connectivity index (χ2n) is 7.18. The predicted molar refractivity (Wildman–Crippen MR) is 119 cm³/mol. The van der Waals surface area contributed by atoms with Crippen LogP contribution in [0.2, 0.25) is 0 Å². The molecule has 1 fully saturated rings. The maximum Gasteiger partial charge on any atom is 0.411 e. The highest BCUT2D eigenvalue weighted by Crippen LogP contribution is 2.32. The predicted octanol–water partition coefficient (Wildman–Crippen LogP) is 2.69. The molecule has 2 aromatic rings.